The van der Waals surface area contributed by atoms with E-state index in [1.165, 1.54) is 42.5 Å². The van der Waals surface area contributed by atoms with Gasteiger partial charge in [0.1, 0.15) is 0 Å². The topological polar surface area (TPSA) is 54.5 Å². The summed E-state index contributed by atoms with van der Waals surface area (Å²) in [7, 11) is -3.53. The number of sulfone groups is 1. The Morgan fingerprint density at radius 2 is 1.70 bits per heavy atom. The van der Waals surface area contributed by atoms with Gasteiger partial charge in [0.2, 0.25) is 0 Å². The van der Waals surface area contributed by atoms with Crippen LogP contribution >= 0.6 is 11.6 Å². The molecule has 1 heterocycles. The van der Waals surface area contributed by atoms with Gasteiger partial charge in [-0.05, 0) is 42.5 Å². The Kier molecular flexibility index (Phi) is 5.05. The zero-order chi connectivity index (χ0) is 19.8. The van der Waals surface area contributed by atoms with Crippen LogP contribution in [0.15, 0.2) is 60.0 Å². The average Bonchev–Trinajstić information content (AvgIpc) is 2.95. The van der Waals surface area contributed by atoms with Crippen LogP contribution in [0.3, 0.4) is 0 Å². The second-order valence-corrected chi connectivity index (χ2v) is 8.29. The first kappa shape index (κ1) is 19.4. The van der Waals surface area contributed by atoms with Crippen molar-refractivity contribution < 1.29 is 26.4 Å². The lowest BCUT2D eigenvalue weighted by Gasteiger charge is -2.29. The van der Waals surface area contributed by atoms with E-state index >= 15 is 0 Å². The molecule has 27 heavy (non-hydrogen) atoms. The van der Waals surface area contributed by atoms with Gasteiger partial charge in [-0.15, -0.1) is 0 Å². The quantitative estimate of drug-likeness (QED) is 0.750. The third-order valence-corrected chi connectivity index (χ3v) is 5.66. The SMILES string of the molecule is O=C(c1ccccc1C(F)(F)F)N(c1ccc(Cl)cc1)[C@H]1C=CS(=O)(=O)C1. The van der Waals surface area contributed by atoms with Crippen molar-refractivity contribution in [2.24, 2.45) is 0 Å². The van der Waals surface area contributed by atoms with Crippen LogP contribution in [0.2, 0.25) is 5.02 Å². The maximum absolute atomic E-state index is 13.3. The fourth-order valence-corrected chi connectivity index (χ4v) is 4.22. The molecule has 0 aliphatic carbocycles. The molecule has 2 aromatic rings. The van der Waals surface area contributed by atoms with Crippen molar-refractivity contribution in [2.45, 2.75) is 12.2 Å². The molecule has 0 spiro atoms. The second-order valence-electron chi connectivity index (χ2n) is 5.92. The Morgan fingerprint density at radius 3 is 2.26 bits per heavy atom. The Morgan fingerprint density at radius 1 is 1.07 bits per heavy atom. The molecule has 0 N–H and O–H groups in total. The average molecular weight is 416 g/mol. The van der Waals surface area contributed by atoms with Gasteiger partial charge >= 0.3 is 6.18 Å². The van der Waals surface area contributed by atoms with Crippen LogP contribution in [-0.4, -0.2) is 26.1 Å². The maximum atomic E-state index is 13.3. The minimum absolute atomic E-state index is 0.244. The smallest absolute Gasteiger partial charge is 0.300 e. The third-order valence-electron chi connectivity index (χ3n) is 4.03. The fraction of sp³-hybridized carbons (Fsp3) is 0.167. The highest BCUT2D eigenvalue weighted by atomic mass is 35.5. The predicted octanol–water partition coefficient (Wildman–Crippen LogP) is 4.32. The number of carbonyl (C=O) groups excluding carboxylic acids is 1. The van der Waals surface area contributed by atoms with Crippen molar-refractivity contribution >= 4 is 33.0 Å². The van der Waals surface area contributed by atoms with E-state index in [9.17, 15) is 26.4 Å². The first-order chi connectivity index (χ1) is 12.6. The van der Waals surface area contributed by atoms with E-state index in [4.69, 9.17) is 11.6 Å². The van der Waals surface area contributed by atoms with Gasteiger partial charge in [0.25, 0.3) is 5.91 Å². The van der Waals surface area contributed by atoms with Gasteiger partial charge in [-0.2, -0.15) is 13.2 Å². The van der Waals surface area contributed by atoms with E-state index in [0.29, 0.717) is 5.02 Å². The number of benzene rings is 2. The Labute approximate surface area is 158 Å². The van der Waals surface area contributed by atoms with E-state index in [-0.39, 0.29) is 5.69 Å². The zero-order valence-corrected chi connectivity index (χ0v) is 15.2. The van der Waals surface area contributed by atoms with Crippen LogP contribution in [0.4, 0.5) is 18.9 Å². The van der Waals surface area contributed by atoms with Crippen molar-refractivity contribution in [1.82, 2.24) is 0 Å². The molecule has 1 amide bonds. The highest BCUT2D eigenvalue weighted by molar-refractivity contribution is 7.94. The summed E-state index contributed by atoms with van der Waals surface area (Å²) in [5.41, 5.74) is -1.40. The number of rotatable bonds is 3. The van der Waals surface area contributed by atoms with Gasteiger partial charge in [0, 0.05) is 16.1 Å². The molecule has 0 aromatic heterocycles. The molecule has 0 bridgehead atoms. The molecule has 142 valence electrons. The van der Waals surface area contributed by atoms with Crippen LogP contribution in [0.5, 0.6) is 0 Å². The van der Waals surface area contributed by atoms with Crippen LogP contribution in [0, 0.1) is 0 Å². The van der Waals surface area contributed by atoms with Crippen LogP contribution < -0.4 is 4.90 Å². The second kappa shape index (κ2) is 7.01. The van der Waals surface area contributed by atoms with Crippen molar-refractivity contribution in [3.8, 4) is 0 Å². The molecule has 0 unspecified atom stereocenters. The highest BCUT2D eigenvalue weighted by Crippen LogP contribution is 2.34. The van der Waals surface area contributed by atoms with Crippen molar-refractivity contribution in [3.63, 3.8) is 0 Å². The van der Waals surface area contributed by atoms with Crippen molar-refractivity contribution in [2.75, 3.05) is 10.7 Å². The summed E-state index contributed by atoms with van der Waals surface area (Å²) < 4.78 is 63.6. The molecular weight excluding hydrogens is 403 g/mol. The Hall–Kier alpha value is -2.32. The molecule has 4 nitrogen and oxygen atoms in total. The number of hydrogen-bond acceptors (Lipinski definition) is 3. The number of nitrogens with zero attached hydrogens (tertiary/aromatic N) is 1. The molecule has 1 aliphatic heterocycles. The number of hydrogen-bond donors (Lipinski definition) is 0. The molecule has 2 aromatic carbocycles. The van der Waals surface area contributed by atoms with E-state index < -0.39 is 44.8 Å². The van der Waals surface area contributed by atoms with Crippen LogP contribution in [0.25, 0.3) is 0 Å². The van der Waals surface area contributed by atoms with Crippen molar-refractivity contribution in [3.05, 3.63) is 76.2 Å². The normalized spacial score (nSPS) is 18.4. The molecule has 1 aliphatic rings. The Bertz CT molecular complexity index is 1000. The van der Waals surface area contributed by atoms with Gasteiger partial charge in [-0.3, -0.25) is 4.79 Å². The van der Waals surface area contributed by atoms with Gasteiger partial charge in [0.05, 0.1) is 22.9 Å². The van der Waals surface area contributed by atoms with E-state index in [1.807, 2.05) is 0 Å². The van der Waals surface area contributed by atoms with Crippen LogP contribution in [0.1, 0.15) is 15.9 Å². The van der Waals surface area contributed by atoms with Gasteiger partial charge < -0.3 is 4.90 Å². The molecule has 0 saturated heterocycles. The summed E-state index contributed by atoms with van der Waals surface area (Å²) in [5, 5.41) is 1.33. The maximum Gasteiger partial charge on any atom is 0.417 e. The van der Waals surface area contributed by atoms with E-state index in [2.05, 4.69) is 0 Å². The predicted molar refractivity (Wildman–Crippen MR) is 96.4 cm³/mol. The number of anilines is 1. The monoisotopic (exact) mass is 415 g/mol. The third kappa shape index (κ3) is 4.17. The molecule has 3 rings (SSSR count). The molecule has 9 heteroatoms. The van der Waals surface area contributed by atoms with Crippen molar-refractivity contribution in [1.29, 1.82) is 0 Å². The molecule has 0 radical (unpaired) electrons. The largest absolute Gasteiger partial charge is 0.417 e. The lowest BCUT2D eigenvalue weighted by atomic mass is 10.0. The van der Waals surface area contributed by atoms with E-state index in [0.717, 1.165) is 22.4 Å². The zero-order valence-electron chi connectivity index (χ0n) is 13.7. The highest BCUT2D eigenvalue weighted by Gasteiger charge is 2.38. The molecule has 0 saturated carbocycles. The van der Waals surface area contributed by atoms with Gasteiger partial charge in [-0.25, -0.2) is 8.42 Å². The van der Waals surface area contributed by atoms with E-state index in [1.54, 1.807) is 0 Å². The minimum Gasteiger partial charge on any atom is -0.300 e. The van der Waals surface area contributed by atoms with Gasteiger partial charge in [0.15, 0.2) is 9.84 Å². The Balaban J connectivity index is 2.10. The molecule has 1 atom stereocenters. The lowest BCUT2D eigenvalue weighted by Crippen LogP contribution is -2.42. The minimum atomic E-state index is -4.73. The number of alkyl halides is 3. The number of halogens is 4. The number of carbonyl (C=O) groups is 1. The van der Waals surface area contributed by atoms with Crippen LogP contribution in [-0.2, 0) is 16.0 Å². The summed E-state index contributed by atoms with van der Waals surface area (Å²) in [4.78, 5) is 14.1. The summed E-state index contributed by atoms with van der Waals surface area (Å²) in [6.07, 6.45) is -3.44. The lowest BCUT2D eigenvalue weighted by molar-refractivity contribution is -0.137. The first-order valence-corrected chi connectivity index (χ1v) is 9.84. The molecule has 0 fully saturated rings. The van der Waals surface area contributed by atoms with Gasteiger partial charge in [-0.1, -0.05) is 23.7 Å². The summed E-state index contributed by atoms with van der Waals surface area (Å²) in [5.74, 6) is -1.35. The summed E-state index contributed by atoms with van der Waals surface area (Å²) in [6.45, 7) is 0. The fourth-order valence-electron chi connectivity index (χ4n) is 2.83. The number of amides is 1. The summed E-state index contributed by atoms with van der Waals surface area (Å²) in [6, 6.07) is 9.32. The first-order valence-electron chi connectivity index (χ1n) is 7.75. The summed E-state index contributed by atoms with van der Waals surface area (Å²) >= 11 is 5.84. The molecular formula is C18H13ClF3NO3S. The standard InChI is InChI=1S/C18H13ClF3NO3S/c19-12-5-7-13(8-6-12)23(14-9-10-27(25,26)11-14)17(24)15-3-1-2-4-16(15)18(20,21)22/h1-10,14H,11H2/t14-/m0/s1.